The topological polar surface area (TPSA) is 25.0 Å². The number of H-pyrrole nitrogens is 1. The third kappa shape index (κ3) is 3.63. The van der Waals surface area contributed by atoms with Gasteiger partial charge in [-0.15, -0.1) is 0 Å². The number of fused-ring (bicyclic) bond motifs is 1. The summed E-state index contributed by atoms with van der Waals surface area (Å²) in [5.74, 6) is 2.33. The molecule has 3 rings (SSSR count). The van der Waals surface area contributed by atoms with Crippen LogP contribution in [0.4, 0.5) is 0 Å². The van der Waals surface area contributed by atoms with Crippen LogP contribution in [-0.2, 0) is 4.43 Å². The fourth-order valence-electron chi connectivity index (χ4n) is 5.43. The average Bonchev–Trinajstić information content (AvgIpc) is 3.04. The van der Waals surface area contributed by atoms with Crippen molar-refractivity contribution in [3.63, 3.8) is 0 Å². The first-order chi connectivity index (χ1) is 12.8. The van der Waals surface area contributed by atoms with E-state index < -0.39 is 8.32 Å². The Kier molecular flexibility index (Phi) is 5.90. The zero-order valence-electron chi connectivity index (χ0n) is 18.2. The summed E-state index contributed by atoms with van der Waals surface area (Å²) in [6.45, 7) is 16.6. The van der Waals surface area contributed by atoms with E-state index in [1.54, 1.807) is 0 Å². The molecule has 1 aliphatic rings. The molecule has 2 nitrogen and oxygen atoms in total. The van der Waals surface area contributed by atoms with E-state index in [9.17, 15) is 0 Å². The number of hydrogen-bond donors (Lipinski definition) is 1. The fourth-order valence-corrected chi connectivity index (χ4v) is 10.8. The highest BCUT2D eigenvalue weighted by molar-refractivity contribution is 6.77. The summed E-state index contributed by atoms with van der Waals surface area (Å²) >= 11 is 0. The minimum Gasteiger partial charge on any atom is -0.546 e. The summed E-state index contributed by atoms with van der Waals surface area (Å²) < 4.78 is 7.04. The van der Waals surface area contributed by atoms with E-state index in [0.717, 1.165) is 6.42 Å². The highest BCUT2D eigenvalue weighted by atomic mass is 28.4. The van der Waals surface area contributed by atoms with E-state index in [0.29, 0.717) is 28.5 Å². The van der Waals surface area contributed by atoms with Crippen LogP contribution in [0, 0.1) is 5.92 Å². The van der Waals surface area contributed by atoms with Crippen molar-refractivity contribution in [1.82, 2.24) is 4.98 Å². The molecule has 0 bridgehead atoms. The van der Waals surface area contributed by atoms with Crippen LogP contribution in [0.15, 0.2) is 42.3 Å². The van der Waals surface area contributed by atoms with Gasteiger partial charge in [0.1, 0.15) is 0 Å². The molecule has 0 aliphatic heterocycles. The summed E-state index contributed by atoms with van der Waals surface area (Å²) in [7, 11) is -1.88. The van der Waals surface area contributed by atoms with Crippen LogP contribution in [0.1, 0.15) is 72.8 Å². The first-order valence-corrected chi connectivity index (χ1v) is 12.9. The fraction of sp³-hybridized carbons (Fsp3) is 0.583. The summed E-state index contributed by atoms with van der Waals surface area (Å²) in [6.07, 6.45) is 6.96. The molecule has 1 aliphatic carbocycles. The third-order valence-corrected chi connectivity index (χ3v) is 12.8. The lowest BCUT2D eigenvalue weighted by molar-refractivity contribution is 0.313. The normalized spacial score (nSPS) is 21.3. The van der Waals surface area contributed by atoms with Crippen molar-refractivity contribution in [3.05, 3.63) is 47.9 Å². The number of allylic oxidation sites excluding steroid dienone is 2. The van der Waals surface area contributed by atoms with Gasteiger partial charge in [0.05, 0.1) is 5.76 Å². The minimum atomic E-state index is -1.88. The van der Waals surface area contributed by atoms with Crippen molar-refractivity contribution in [2.45, 2.75) is 83.8 Å². The Bertz CT molecular complexity index is 780. The number of aromatic amines is 1. The zero-order valence-corrected chi connectivity index (χ0v) is 19.2. The van der Waals surface area contributed by atoms with Crippen molar-refractivity contribution < 1.29 is 4.43 Å². The van der Waals surface area contributed by atoms with E-state index in [4.69, 9.17) is 4.43 Å². The van der Waals surface area contributed by atoms with E-state index in [1.165, 1.54) is 28.6 Å². The molecule has 1 aromatic heterocycles. The highest BCUT2D eigenvalue weighted by Crippen LogP contribution is 2.46. The third-order valence-electron chi connectivity index (χ3n) is 6.82. The van der Waals surface area contributed by atoms with Gasteiger partial charge in [-0.3, -0.25) is 0 Å². The molecule has 1 aromatic carbocycles. The molecule has 3 heteroatoms. The maximum atomic E-state index is 7.04. The zero-order chi connectivity index (χ0) is 19.8. The van der Waals surface area contributed by atoms with Gasteiger partial charge < -0.3 is 9.41 Å². The SMILES string of the molecule is CC1CCC(O[Si](C(C)C)(C(C)C)C(C)C)=C[C@H]1c1c[nH]c2ccccc12. The number of aromatic nitrogens is 1. The summed E-state index contributed by atoms with van der Waals surface area (Å²) in [5, 5.41) is 1.35. The Labute approximate surface area is 166 Å². The number of benzene rings is 1. The molecule has 2 atom stereocenters. The largest absolute Gasteiger partial charge is 0.546 e. The van der Waals surface area contributed by atoms with Gasteiger partial charge in [-0.05, 0) is 46.7 Å². The predicted molar refractivity (Wildman–Crippen MR) is 120 cm³/mol. The van der Waals surface area contributed by atoms with Crippen LogP contribution >= 0.6 is 0 Å². The lowest BCUT2D eigenvalue weighted by Gasteiger charge is -2.44. The smallest absolute Gasteiger partial charge is 0.258 e. The predicted octanol–water partition coefficient (Wildman–Crippen LogP) is 7.76. The molecule has 1 heterocycles. The molecule has 0 saturated carbocycles. The van der Waals surface area contributed by atoms with Crippen LogP contribution in [-0.4, -0.2) is 13.3 Å². The van der Waals surface area contributed by atoms with Crippen LogP contribution in [0.2, 0.25) is 16.6 Å². The van der Waals surface area contributed by atoms with Crippen molar-refractivity contribution in [1.29, 1.82) is 0 Å². The molecule has 0 saturated heterocycles. The van der Waals surface area contributed by atoms with Gasteiger partial charge in [-0.25, -0.2) is 0 Å². The van der Waals surface area contributed by atoms with Crippen LogP contribution in [0.3, 0.4) is 0 Å². The molecule has 1 unspecified atom stereocenters. The number of rotatable bonds is 6. The van der Waals surface area contributed by atoms with Gasteiger partial charge in [0, 0.05) is 29.4 Å². The number of hydrogen-bond acceptors (Lipinski definition) is 1. The second-order valence-corrected chi connectivity index (χ2v) is 14.8. The van der Waals surface area contributed by atoms with E-state index in [-0.39, 0.29) is 0 Å². The average molecular weight is 384 g/mol. The molecule has 148 valence electrons. The Morgan fingerprint density at radius 3 is 2.26 bits per heavy atom. The lowest BCUT2D eigenvalue weighted by atomic mass is 9.80. The maximum absolute atomic E-state index is 7.04. The summed E-state index contributed by atoms with van der Waals surface area (Å²) in [5.41, 5.74) is 4.50. The van der Waals surface area contributed by atoms with E-state index >= 15 is 0 Å². The Morgan fingerprint density at radius 2 is 1.63 bits per heavy atom. The van der Waals surface area contributed by atoms with Crippen molar-refractivity contribution in [3.8, 4) is 0 Å². The second kappa shape index (κ2) is 7.87. The molecule has 0 fully saturated rings. The van der Waals surface area contributed by atoms with Crippen molar-refractivity contribution >= 4 is 19.2 Å². The quantitative estimate of drug-likeness (QED) is 0.507. The Balaban J connectivity index is 1.98. The van der Waals surface area contributed by atoms with Crippen LogP contribution in [0.25, 0.3) is 10.9 Å². The maximum Gasteiger partial charge on any atom is 0.258 e. The van der Waals surface area contributed by atoms with E-state index in [1.807, 2.05) is 0 Å². The summed E-state index contributed by atoms with van der Waals surface area (Å²) in [6, 6.07) is 8.65. The van der Waals surface area contributed by atoms with Gasteiger partial charge in [0.2, 0.25) is 0 Å². The lowest BCUT2D eigenvalue weighted by Crippen LogP contribution is -2.47. The minimum absolute atomic E-state index is 0.433. The van der Waals surface area contributed by atoms with Crippen molar-refractivity contribution in [2.75, 3.05) is 0 Å². The molecule has 0 amide bonds. The molecule has 27 heavy (non-hydrogen) atoms. The number of para-hydroxylation sites is 1. The molecular weight excluding hydrogens is 346 g/mol. The standard InChI is InChI=1S/C24H37NOSi/c1-16(2)27(17(3)4,18(5)6)26-20-13-12-19(7)22(14-20)23-15-25-24-11-9-8-10-21(23)24/h8-11,14-19,22,25H,12-13H2,1-7H3/t19?,22-/m1/s1. The first-order valence-electron chi connectivity index (χ1n) is 10.7. The van der Waals surface area contributed by atoms with Crippen LogP contribution in [0.5, 0.6) is 0 Å². The molecule has 1 N–H and O–H groups in total. The monoisotopic (exact) mass is 383 g/mol. The van der Waals surface area contributed by atoms with Gasteiger partial charge in [-0.2, -0.15) is 0 Å². The molecular formula is C24H37NOSi. The second-order valence-electron chi connectivity index (χ2n) is 9.38. The number of nitrogens with one attached hydrogen (secondary N) is 1. The Hall–Kier alpha value is -1.48. The Morgan fingerprint density at radius 1 is 1.00 bits per heavy atom. The highest BCUT2D eigenvalue weighted by Gasteiger charge is 2.47. The summed E-state index contributed by atoms with van der Waals surface area (Å²) in [4.78, 5) is 3.46. The van der Waals surface area contributed by atoms with Gasteiger partial charge in [0.25, 0.3) is 8.32 Å². The molecule has 0 spiro atoms. The van der Waals surface area contributed by atoms with Crippen molar-refractivity contribution in [2.24, 2.45) is 5.92 Å². The molecule has 0 radical (unpaired) electrons. The van der Waals surface area contributed by atoms with Gasteiger partial charge in [0.15, 0.2) is 0 Å². The van der Waals surface area contributed by atoms with E-state index in [2.05, 4.69) is 90.0 Å². The molecule has 2 aromatic rings. The van der Waals surface area contributed by atoms with Gasteiger partial charge in [-0.1, -0.05) is 66.7 Å². The van der Waals surface area contributed by atoms with Crippen LogP contribution < -0.4 is 0 Å². The first kappa shape index (κ1) is 20.3. The van der Waals surface area contributed by atoms with Gasteiger partial charge >= 0.3 is 0 Å².